The van der Waals surface area contributed by atoms with Gasteiger partial charge in [0.05, 0.1) is 25.4 Å². The first-order chi connectivity index (χ1) is 29.8. The predicted octanol–water partition coefficient (Wildman–Crippen LogP) is 11.6. The van der Waals surface area contributed by atoms with Gasteiger partial charge in [0.1, 0.15) is 24.4 Å². The SMILES string of the molecule is CCCCCCCCCCCCCCC/C=C/CC/C=C/CC/C=C/C(O)C(COC1OC(CO)C(O)C(O)C1O)NC(=O)CCCCCCCCCCCCCCCCC. The van der Waals surface area contributed by atoms with Crippen LogP contribution in [0.25, 0.3) is 0 Å². The van der Waals surface area contributed by atoms with Crippen LogP contribution in [-0.4, -0.2) is 87.5 Å². The molecule has 1 heterocycles. The van der Waals surface area contributed by atoms with E-state index in [9.17, 15) is 30.3 Å². The fraction of sp³-hybridized carbons (Fsp3) is 0.865. The van der Waals surface area contributed by atoms with Gasteiger partial charge in [-0.05, 0) is 44.9 Å². The molecule has 1 aliphatic rings. The van der Waals surface area contributed by atoms with Crippen molar-refractivity contribution in [2.45, 2.75) is 275 Å². The number of aliphatic hydroxyl groups is 5. The van der Waals surface area contributed by atoms with Crippen molar-refractivity contribution in [1.82, 2.24) is 5.32 Å². The van der Waals surface area contributed by atoms with E-state index < -0.39 is 49.5 Å². The van der Waals surface area contributed by atoms with E-state index in [1.54, 1.807) is 6.08 Å². The molecule has 0 aromatic heterocycles. The number of carbonyl (C=O) groups excluding carboxylic acids is 1. The van der Waals surface area contributed by atoms with E-state index in [1.807, 2.05) is 6.08 Å². The fourth-order valence-corrected chi connectivity index (χ4v) is 8.07. The first-order valence-electron chi connectivity index (χ1n) is 25.7. The van der Waals surface area contributed by atoms with Gasteiger partial charge in [-0.15, -0.1) is 0 Å². The van der Waals surface area contributed by atoms with Gasteiger partial charge in [-0.25, -0.2) is 0 Å². The summed E-state index contributed by atoms with van der Waals surface area (Å²) in [4.78, 5) is 13.0. The van der Waals surface area contributed by atoms with E-state index in [0.717, 1.165) is 44.9 Å². The smallest absolute Gasteiger partial charge is 0.220 e. The summed E-state index contributed by atoms with van der Waals surface area (Å²) in [6, 6.07) is -0.825. The first-order valence-corrected chi connectivity index (χ1v) is 25.7. The van der Waals surface area contributed by atoms with Crippen LogP contribution in [0.15, 0.2) is 36.5 Å². The van der Waals surface area contributed by atoms with Crippen LogP contribution in [0.2, 0.25) is 0 Å². The number of ether oxygens (including phenoxy) is 2. The molecule has 7 atom stereocenters. The zero-order valence-electron chi connectivity index (χ0n) is 39.4. The zero-order chi connectivity index (χ0) is 44.4. The number of allylic oxidation sites excluding steroid dienone is 5. The van der Waals surface area contributed by atoms with Crippen LogP contribution in [-0.2, 0) is 14.3 Å². The molecule has 0 saturated carbocycles. The van der Waals surface area contributed by atoms with Crippen LogP contribution in [0.1, 0.15) is 232 Å². The third-order valence-corrected chi connectivity index (χ3v) is 12.2. The average molecular weight is 864 g/mol. The Morgan fingerprint density at radius 1 is 0.541 bits per heavy atom. The number of unbranched alkanes of at least 4 members (excludes halogenated alkanes) is 29. The second-order valence-electron chi connectivity index (χ2n) is 18.0. The Hall–Kier alpha value is -1.59. The molecule has 358 valence electrons. The zero-order valence-corrected chi connectivity index (χ0v) is 39.4. The number of hydrogen-bond acceptors (Lipinski definition) is 8. The van der Waals surface area contributed by atoms with Crippen molar-refractivity contribution in [3.05, 3.63) is 36.5 Å². The number of amides is 1. The molecule has 1 rings (SSSR count). The molecule has 1 fully saturated rings. The number of nitrogens with one attached hydrogen (secondary N) is 1. The van der Waals surface area contributed by atoms with Gasteiger partial charge in [0.15, 0.2) is 6.29 Å². The van der Waals surface area contributed by atoms with Crippen LogP contribution in [0.5, 0.6) is 0 Å². The molecule has 7 unspecified atom stereocenters. The maximum atomic E-state index is 13.0. The lowest BCUT2D eigenvalue weighted by atomic mass is 9.99. The molecule has 9 nitrogen and oxygen atoms in total. The second-order valence-corrected chi connectivity index (χ2v) is 18.0. The van der Waals surface area contributed by atoms with Gasteiger partial charge in [-0.3, -0.25) is 4.79 Å². The van der Waals surface area contributed by atoms with Crippen molar-refractivity contribution in [1.29, 1.82) is 0 Å². The van der Waals surface area contributed by atoms with Crippen LogP contribution >= 0.6 is 0 Å². The predicted molar refractivity (Wildman–Crippen MR) is 253 cm³/mol. The minimum atomic E-state index is -1.57. The molecule has 0 radical (unpaired) electrons. The molecular formula is C52H97NO8. The summed E-state index contributed by atoms with van der Waals surface area (Å²) in [7, 11) is 0. The third kappa shape index (κ3) is 32.7. The Labute approximate surface area is 374 Å². The highest BCUT2D eigenvalue weighted by Crippen LogP contribution is 2.23. The van der Waals surface area contributed by atoms with Crippen LogP contribution in [0.3, 0.4) is 0 Å². The Morgan fingerprint density at radius 3 is 1.38 bits per heavy atom. The van der Waals surface area contributed by atoms with Crippen molar-refractivity contribution >= 4 is 5.91 Å². The van der Waals surface area contributed by atoms with E-state index in [-0.39, 0.29) is 12.5 Å². The van der Waals surface area contributed by atoms with Crippen molar-refractivity contribution in [3.8, 4) is 0 Å². The van der Waals surface area contributed by atoms with Crippen LogP contribution < -0.4 is 5.32 Å². The highest BCUT2D eigenvalue weighted by atomic mass is 16.7. The van der Waals surface area contributed by atoms with Crippen LogP contribution in [0.4, 0.5) is 0 Å². The van der Waals surface area contributed by atoms with E-state index in [2.05, 4.69) is 43.5 Å². The molecular weight excluding hydrogens is 767 g/mol. The molecule has 0 aromatic carbocycles. The number of aliphatic hydroxyl groups excluding tert-OH is 5. The summed E-state index contributed by atoms with van der Waals surface area (Å²) in [5.41, 5.74) is 0. The summed E-state index contributed by atoms with van der Waals surface area (Å²) in [6.07, 6.45) is 46.3. The van der Waals surface area contributed by atoms with Crippen molar-refractivity contribution in [2.75, 3.05) is 13.2 Å². The number of carbonyl (C=O) groups is 1. The molecule has 0 spiro atoms. The largest absolute Gasteiger partial charge is 0.394 e. The highest BCUT2D eigenvalue weighted by Gasteiger charge is 2.44. The van der Waals surface area contributed by atoms with Crippen molar-refractivity contribution < 1.29 is 39.8 Å². The normalized spacial score (nSPS) is 20.7. The standard InChI is InChI=1S/C52H97NO8/c1-3-5-7-9-11-13-15-17-19-20-21-22-23-24-25-26-28-29-31-33-35-37-39-41-46(55)45(44-60-52-51(59)50(58)49(57)47(43-54)61-52)53-48(56)42-40-38-36-34-32-30-27-18-16-14-12-10-8-6-4-2/h25-26,31,33,39,41,45-47,49-52,54-55,57-59H,3-24,27-30,32,34-38,40,42-44H2,1-2H3,(H,53,56)/b26-25+,33-31+,41-39+. The summed E-state index contributed by atoms with van der Waals surface area (Å²) < 4.78 is 11.2. The third-order valence-electron chi connectivity index (χ3n) is 12.2. The monoisotopic (exact) mass is 864 g/mol. The summed E-state index contributed by atoms with van der Waals surface area (Å²) in [5, 5.41) is 54.3. The molecule has 0 aromatic rings. The van der Waals surface area contributed by atoms with Gasteiger partial charge in [0.25, 0.3) is 0 Å². The number of rotatable bonds is 43. The second kappa shape index (κ2) is 42.4. The van der Waals surface area contributed by atoms with Gasteiger partial charge < -0.3 is 40.3 Å². The summed E-state index contributed by atoms with van der Waals surface area (Å²) >= 11 is 0. The minimum Gasteiger partial charge on any atom is -0.394 e. The van der Waals surface area contributed by atoms with E-state index >= 15 is 0 Å². The average Bonchev–Trinajstić information content (AvgIpc) is 3.26. The van der Waals surface area contributed by atoms with Crippen LogP contribution in [0, 0.1) is 0 Å². The summed E-state index contributed by atoms with van der Waals surface area (Å²) in [6.45, 7) is 3.77. The lowest BCUT2D eigenvalue weighted by Crippen LogP contribution is -2.60. The molecule has 1 saturated heterocycles. The lowest BCUT2D eigenvalue weighted by molar-refractivity contribution is -0.302. The summed E-state index contributed by atoms with van der Waals surface area (Å²) in [5.74, 6) is -0.189. The topological polar surface area (TPSA) is 149 Å². The minimum absolute atomic E-state index is 0.189. The quantitative estimate of drug-likeness (QED) is 0.0262. The molecule has 9 heteroatoms. The van der Waals surface area contributed by atoms with Gasteiger partial charge in [-0.2, -0.15) is 0 Å². The van der Waals surface area contributed by atoms with Gasteiger partial charge in [-0.1, -0.05) is 217 Å². The first kappa shape index (κ1) is 57.4. The maximum absolute atomic E-state index is 13.0. The fourth-order valence-electron chi connectivity index (χ4n) is 8.07. The van der Waals surface area contributed by atoms with E-state index in [1.165, 1.54) is 167 Å². The molecule has 61 heavy (non-hydrogen) atoms. The van der Waals surface area contributed by atoms with Gasteiger partial charge >= 0.3 is 0 Å². The lowest BCUT2D eigenvalue weighted by Gasteiger charge is -2.40. The molecule has 1 amide bonds. The van der Waals surface area contributed by atoms with E-state index in [0.29, 0.717) is 6.42 Å². The highest BCUT2D eigenvalue weighted by molar-refractivity contribution is 5.76. The van der Waals surface area contributed by atoms with Crippen molar-refractivity contribution in [3.63, 3.8) is 0 Å². The molecule has 0 aliphatic carbocycles. The molecule has 6 N–H and O–H groups in total. The van der Waals surface area contributed by atoms with Crippen molar-refractivity contribution in [2.24, 2.45) is 0 Å². The Balaban J connectivity index is 2.32. The molecule has 1 aliphatic heterocycles. The molecule has 0 bridgehead atoms. The maximum Gasteiger partial charge on any atom is 0.220 e. The number of hydrogen-bond donors (Lipinski definition) is 6. The van der Waals surface area contributed by atoms with Gasteiger partial charge in [0.2, 0.25) is 5.91 Å². The van der Waals surface area contributed by atoms with Gasteiger partial charge in [0, 0.05) is 6.42 Å². The Morgan fingerprint density at radius 2 is 0.934 bits per heavy atom. The Bertz CT molecular complexity index is 1050. The van der Waals surface area contributed by atoms with E-state index in [4.69, 9.17) is 9.47 Å². The Kier molecular flexibility index (Phi) is 39.9.